The number of aryl methyl sites for hydroxylation is 1. The Morgan fingerprint density at radius 1 is 1.12 bits per heavy atom. The Kier molecular flexibility index (Phi) is 4.54. The van der Waals surface area contributed by atoms with Crippen LogP contribution < -0.4 is 11.5 Å². The van der Waals surface area contributed by atoms with E-state index in [-0.39, 0.29) is 22.8 Å². The summed E-state index contributed by atoms with van der Waals surface area (Å²) in [6, 6.07) is 18.1. The second kappa shape index (κ2) is 6.95. The maximum absolute atomic E-state index is 12.6. The summed E-state index contributed by atoms with van der Waals surface area (Å²) < 4.78 is 1.66. The minimum Gasteiger partial charge on any atom is -0.396 e. The van der Waals surface area contributed by atoms with Crippen LogP contribution in [0.4, 0.5) is 5.82 Å². The number of nitrogen functional groups attached to an aromatic ring is 1. The van der Waals surface area contributed by atoms with Gasteiger partial charge in [-0.05, 0) is 19.1 Å². The number of Topliss-reactive ketones (excluding diaryl/α,β-unsaturated/α-hetero) is 1. The molecule has 26 heavy (non-hydrogen) atoms. The molecule has 0 aliphatic heterocycles. The largest absolute Gasteiger partial charge is 0.396 e. The summed E-state index contributed by atoms with van der Waals surface area (Å²) in [6.45, 7) is 1.99. The summed E-state index contributed by atoms with van der Waals surface area (Å²) >= 11 is 0. The zero-order chi connectivity index (χ0) is 18.7. The van der Waals surface area contributed by atoms with E-state index in [4.69, 9.17) is 11.5 Å². The Morgan fingerprint density at radius 2 is 1.77 bits per heavy atom. The van der Waals surface area contributed by atoms with Crippen molar-refractivity contribution in [3.63, 3.8) is 0 Å². The van der Waals surface area contributed by atoms with Crippen LogP contribution in [0.2, 0.25) is 0 Å². The first-order valence-corrected chi connectivity index (χ1v) is 7.92. The topological polar surface area (TPSA) is 111 Å². The van der Waals surface area contributed by atoms with Gasteiger partial charge < -0.3 is 11.5 Å². The van der Waals surface area contributed by atoms with Crippen LogP contribution in [0.15, 0.2) is 66.5 Å². The molecule has 0 unspecified atom stereocenters. The summed E-state index contributed by atoms with van der Waals surface area (Å²) in [5.74, 6) is -0.199. The van der Waals surface area contributed by atoms with Crippen LogP contribution in [0.3, 0.4) is 0 Å². The molecule has 0 bridgehead atoms. The minimum absolute atomic E-state index is 0.0373. The third-order valence-corrected chi connectivity index (χ3v) is 4.02. The van der Waals surface area contributed by atoms with Gasteiger partial charge in [-0.2, -0.15) is 5.26 Å². The molecular formula is C20H17N5O. The second-order valence-electron chi connectivity index (χ2n) is 5.78. The van der Waals surface area contributed by atoms with Gasteiger partial charge in [0.1, 0.15) is 29.5 Å². The van der Waals surface area contributed by atoms with Crippen molar-refractivity contribution < 1.29 is 4.79 Å². The molecule has 0 atom stereocenters. The van der Waals surface area contributed by atoms with E-state index in [1.165, 1.54) is 6.33 Å². The van der Waals surface area contributed by atoms with E-state index in [2.05, 4.69) is 4.98 Å². The SMILES string of the molecule is Cc1ccc(-n2cnc(/C(N)=C(\C#N)C(=O)c3ccccc3)c2N)cc1. The predicted octanol–water partition coefficient (Wildman–Crippen LogP) is 2.84. The van der Waals surface area contributed by atoms with Crippen LogP contribution in [0.25, 0.3) is 11.4 Å². The third-order valence-electron chi connectivity index (χ3n) is 4.02. The fourth-order valence-electron chi connectivity index (χ4n) is 2.56. The molecule has 1 aromatic heterocycles. The first-order chi connectivity index (χ1) is 12.5. The van der Waals surface area contributed by atoms with Crippen LogP contribution >= 0.6 is 0 Å². The van der Waals surface area contributed by atoms with Gasteiger partial charge in [-0.1, -0.05) is 48.0 Å². The smallest absolute Gasteiger partial charge is 0.205 e. The Morgan fingerprint density at radius 3 is 2.38 bits per heavy atom. The average molecular weight is 343 g/mol. The van der Waals surface area contributed by atoms with Crippen molar-refractivity contribution >= 4 is 17.3 Å². The molecule has 0 radical (unpaired) electrons. The third kappa shape index (κ3) is 3.06. The molecular weight excluding hydrogens is 326 g/mol. The number of aromatic nitrogens is 2. The summed E-state index contributed by atoms with van der Waals surface area (Å²) in [5.41, 5.74) is 14.6. The van der Waals surface area contributed by atoms with Gasteiger partial charge in [0.2, 0.25) is 5.78 Å². The highest BCUT2D eigenvalue weighted by Gasteiger charge is 2.20. The fraction of sp³-hybridized carbons (Fsp3) is 0.0500. The standard InChI is InChI=1S/C20H17N5O/c1-13-7-9-15(10-8-13)25-12-24-18(20(25)23)17(22)16(11-21)19(26)14-5-3-2-4-6-14/h2-10,12H,22-23H2,1H3/b17-16-. The van der Waals surface area contributed by atoms with Gasteiger partial charge in [0, 0.05) is 11.3 Å². The maximum atomic E-state index is 12.6. The molecule has 6 nitrogen and oxygen atoms in total. The highest BCUT2D eigenvalue weighted by molar-refractivity contribution is 6.15. The van der Waals surface area contributed by atoms with Crippen molar-refractivity contribution in [2.45, 2.75) is 6.92 Å². The number of imidazole rings is 1. The number of hydrogen-bond donors (Lipinski definition) is 2. The van der Waals surface area contributed by atoms with Crippen molar-refractivity contribution in [3.8, 4) is 11.8 Å². The second-order valence-corrected chi connectivity index (χ2v) is 5.78. The summed E-state index contributed by atoms with van der Waals surface area (Å²) in [5, 5.41) is 9.45. The summed E-state index contributed by atoms with van der Waals surface area (Å²) in [4.78, 5) is 16.8. The number of nitriles is 1. The zero-order valence-electron chi connectivity index (χ0n) is 14.2. The van der Waals surface area contributed by atoms with Crippen molar-refractivity contribution in [2.24, 2.45) is 5.73 Å². The molecule has 128 valence electrons. The van der Waals surface area contributed by atoms with E-state index in [1.54, 1.807) is 34.9 Å². The molecule has 3 rings (SSSR count). The quantitative estimate of drug-likeness (QED) is 0.430. The monoisotopic (exact) mass is 343 g/mol. The molecule has 0 saturated carbocycles. The van der Waals surface area contributed by atoms with E-state index in [0.29, 0.717) is 5.56 Å². The summed E-state index contributed by atoms with van der Waals surface area (Å²) in [7, 11) is 0. The molecule has 2 aromatic carbocycles. The first kappa shape index (κ1) is 17.0. The molecule has 0 saturated heterocycles. The van der Waals surface area contributed by atoms with Gasteiger partial charge in [-0.15, -0.1) is 0 Å². The predicted molar refractivity (Wildman–Crippen MR) is 100 cm³/mol. The van der Waals surface area contributed by atoms with Crippen molar-refractivity contribution in [2.75, 3.05) is 5.73 Å². The highest BCUT2D eigenvalue weighted by Crippen LogP contribution is 2.24. The van der Waals surface area contributed by atoms with Gasteiger partial charge in [0.15, 0.2) is 0 Å². The lowest BCUT2D eigenvalue weighted by molar-refractivity contribution is 0.103. The van der Waals surface area contributed by atoms with Crippen LogP contribution in [0.5, 0.6) is 0 Å². The Bertz CT molecular complexity index is 1020. The Balaban J connectivity index is 2.05. The molecule has 6 heteroatoms. The van der Waals surface area contributed by atoms with Gasteiger partial charge in [-0.25, -0.2) is 4.98 Å². The number of anilines is 1. The van der Waals surface area contributed by atoms with E-state index in [0.717, 1.165) is 11.3 Å². The van der Waals surface area contributed by atoms with Gasteiger partial charge in [0.25, 0.3) is 0 Å². The van der Waals surface area contributed by atoms with E-state index in [9.17, 15) is 10.1 Å². The number of carbonyl (C=O) groups excluding carboxylic acids is 1. The normalized spacial score (nSPS) is 11.5. The number of rotatable bonds is 4. The number of ketones is 1. The van der Waals surface area contributed by atoms with Crippen LogP contribution in [0, 0.1) is 18.3 Å². The lowest BCUT2D eigenvalue weighted by Crippen LogP contribution is -2.12. The van der Waals surface area contributed by atoms with Crippen LogP contribution in [0.1, 0.15) is 21.6 Å². The van der Waals surface area contributed by atoms with Gasteiger partial charge in [-0.3, -0.25) is 9.36 Å². The maximum Gasteiger partial charge on any atom is 0.205 e. The van der Waals surface area contributed by atoms with Crippen LogP contribution in [-0.2, 0) is 0 Å². The number of benzene rings is 2. The molecule has 0 amide bonds. The first-order valence-electron chi connectivity index (χ1n) is 7.92. The van der Waals surface area contributed by atoms with Gasteiger partial charge in [0.05, 0.1) is 5.70 Å². The minimum atomic E-state index is -0.463. The molecule has 4 N–H and O–H groups in total. The molecule has 1 heterocycles. The lowest BCUT2D eigenvalue weighted by atomic mass is 10.0. The number of nitrogens with zero attached hydrogens (tertiary/aromatic N) is 3. The molecule has 0 aliphatic rings. The lowest BCUT2D eigenvalue weighted by Gasteiger charge is -2.07. The van der Waals surface area contributed by atoms with E-state index in [1.807, 2.05) is 37.3 Å². The molecule has 0 fully saturated rings. The van der Waals surface area contributed by atoms with Gasteiger partial charge >= 0.3 is 0 Å². The molecule has 0 spiro atoms. The number of hydrogen-bond acceptors (Lipinski definition) is 5. The molecule has 0 aliphatic carbocycles. The number of nitrogens with two attached hydrogens (primary N) is 2. The number of allylic oxidation sites excluding steroid dienone is 1. The zero-order valence-corrected chi connectivity index (χ0v) is 14.2. The van der Waals surface area contributed by atoms with E-state index < -0.39 is 5.78 Å². The Labute approximate surface area is 151 Å². The van der Waals surface area contributed by atoms with Crippen molar-refractivity contribution in [1.29, 1.82) is 5.26 Å². The fourth-order valence-corrected chi connectivity index (χ4v) is 2.56. The van der Waals surface area contributed by atoms with Crippen LogP contribution in [-0.4, -0.2) is 15.3 Å². The van der Waals surface area contributed by atoms with E-state index >= 15 is 0 Å². The highest BCUT2D eigenvalue weighted by atomic mass is 16.1. The van der Waals surface area contributed by atoms with Crippen molar-refractivity contribution in [3.05, 3.63) is 83.3 Å². The molecule has 3 aromatic rings. The Hall–Kier alpha value is -3.85. The summed E-state index contributed by atoms with van der Waals surface area (Å²) in [6.07, 6.45) is 1.52. The average Bonchev–Trinajstić information content (AvgIpc) is 3.05. The van der Waals surface area contributed by atoms with Crippen molar-refractivity contribution in [1.82, 2.24) is 9.55 Å². The number of carbonyl (C=O) groups is 1.